The molecule has 1 aromatic carbocycles. The summed E-state index contributed by atoms with van der Waals surface area (Å²) in [5.74, 6) is -4.28. The third kappa shape index (κ3) is 3.15. The van der Waals surface area contributed by atoms with Gasteiger partial charge in [-0.15, -0.1) is 0 Å². The van der Waals surface area contributed by atoms with Crippen LogP contribution in [-0.4, -0.2) is 12.6 Å². The van der Waals surface area contributed by atoms with Gasteiger partial charge < -0.3 is 10.5 Å². The molecule has 0 spiro atoms. The summed E-state index contributed by atoms with van der Waals surface area (Å²) in [5.41, 5.74) is 4.02. The number of hydrogen-bond acceptors (Lipinski definition) is 3. The molecule has 0 atom stereocenters. The number of carbonyl (C=O) groups excluding carboxylic acids is 1. The minimum atomic E-state index is -1.17. The Balaban J connectivity index is 3.23. The van der Waals surface area contributed by atoms with Gasteiger partial charge in [-0.05, 0) is 12.5 Å². The number of nitrogens with two attached hydrogens (primary N) is 1. The predicted molar refractivity (Wildman–Crippen MR) is 64.3 cm³/mol. The maximum atomic E-state index is 13.5. The number of hydrogen-bond donors (Lipinski definition) is 1. The first-order valence-electron chi connectivity index (χ1n) is 5.35. The van der Waals surface area contributed by atoms with Gasteiger partial charge in [0, 0.05) is 18.3 Å². The summed E-state index contributed by atoms with van der Waals surface area (Å²) in [6.45, 7) is 5.03. The number of halogens is 3. The second-order valence-electron chi connectivity index (χ2n) is 3.52. The molecule has 19 heavy (non-hydrogen) atoms. The standard InChI is InChI=1S/C13H12F3NO2/c1-3-19-13(18)9(6-17)7(2)12-10(15)4-8(14)5-11(12)16/h4-6H,2-3,17H2,1H3/b9-6-. The van der Waals surface area contributed by atoms with E-state index in [0.29, 0.717) is 12.1 Å². The van der Waals surface area contributed by atoms with Crippen LogP contribution in [0.4, 0.5) is 13.2 Å². The van der Waals surface area contributed by atoms with E-state index in [9.17, 15) is 18.0 Å². The number of carbonyl (C=O) groups is 1. The zero-order valence-electron chi connectivity index (χ0n) is 10.2. The first kappa shape index (κ1) is 14.8. The summed E-state index contributed by atoms with van der Waals surface area (Å²) in [6, 6.07) is 0.978. The quantitative estimate of drug-likeness (QED) is 0.520. The molecule has 0 fully saturated rings. The lowest BCUT2D eigenvalue weighted by Crippen LogP contribution is -2.12. The SMILES string of the molecule is C=C(/C(=C/N)C(=O)OCC)c1c(F)cc(F)cc1F. The van der Waals surface area contributed by atoms with Crippen LogP contribution >= 0.6 is 0 Å². The lowest BCUT2D eigenvalue weighted by molar-refractivity contribution is -0.137. The van der Waals surface area contributed by atoms with Crippen molar-refractivity contribution in [2.24, 2.45) is 5.73 Å². The van der Waals surface area contributed by atoms with Gasteiger partial charge in [-0.2, -0.15) is 0 Å². The van der Waals surface area contributed by atoms with E-state index in [4.69, 9.17) is 5.73 Å². The lowest BCUT2D eigenvalue weighted by Gasteiger charge is -2.11. The van der Waals surface area contributed by atoms with Crippen LogP contribution in [0, 0.1) is 17.5 Å². The Bertz CT molecular complexity index is 530. The normalized spacial score (nSPS) is 11.3. The van der Waals surface area contributed by atoms with Gasteiger partial charge in [0.25, 0.3) is 0 Å². The van der Waals surface area contributed by atoms with Crippen LogP contribution in [-0.2, 0) is 9.53 Å². The molecule has 0 bridgehead atoms. The van der Waals surface area contributed by atoms with Crippen molar-refractivity contribution >= 4 is 11.5 Å². The molecule has 2 N–H and O–H groups in total. The smallest absolute Gasteiger partial charge is 0.340 e. The van der Waals surface area contributed by atoms with Crippen LogP contribution < -0.4 is 5.73 Å². The molecule has 0 saturated heterocycles. The monoisotopic (exact) mass is 271 g/mol. The molecule has 0 aromatic heterocycles. The highest BCUT2D eigenvalue weighted by atomic mass is 19.1. The van der Waals surface area contributed by atoms with Crippen molar-refractivity contribution < 1.29 is 22.7 Å². The average Bonchev–Trinajstić information content (AvgIpc) is 2.28. The maximum absolute atomic E-state index is 13.5. The minimum Gasteiger partial charge on any atom is -0.462 e. The molecule has 1 aromatic rings. The molecular formula is C13H12F3NO2. The van der Waals surface area contributed by atoms with Gasteiger partial charge in [-0.25, -0.2) is 18.0 Å². The van der Waals surface area contributed by atoms with Crippen LogP contribution in [0.15, 0.2) is 30.5 Å². The Morgan fingerprint density at radius 2 is 1.89 bits per heavy atom. The molecule has 0 saturated carbocycles. The summed E-state index contributed by atoms with van der Waals surface area (Å²) in [4.78, 5) is 11.5. The van der Waals surface area contributed by atoms with Crippen LogP contribution in [0.3, 0.4) is 0 Å². The third-order valence-electron chi connectivity index (χ3n) is 2.30. The van der Waals surface area contributed by atoms with E-state index in [1.165, 1.54) is 0 Å². The van der Waals surface area contributed by atoms with Crippen molar-refractivity contribution in [2.75, 3.05) is 6.61 Å². The fourth-order valence-corrected chi connectivity index (χ4v) is 1.47. The topological polar surface area (TPSA) is 52.3 Å². The highest BCUT2D eigenvalue weighted by molar-refractivity contribution is 6.05. The summed E-state index contributed by atoms with van der Waals surface area (Å²) < 4.78 is 44.6. The first-order valence-corrected chi connectivity index (χ1v) is 5.35. The van der Waals surface area contributed by atoms with E-state index in [2.05, 4.69) is 11.3 Å². The van der Waals surface area contributed by atoms with Crippen LogP contribution in [0.1, 0.15) is 12.5 Å². The predicted octanol–water partition coefficient (Wildman–Crippen LogP) is 2.52. The second-order valence-corrected chi connectivity index (χ2v) is 3.52. The van der Waals surface area contributed by atoms with E-state index in [1.807, 2.05) is 0 Å². The highest BCUT2D eigenvalue weighted by Crippen LogP contribution is 2.27. The molecule has 3 nitrogen and oxygen atoms in total. The van der Waals surface area contributed by atoms with Crippen LogP contribution in [0.2, 0.25) is 0 Å². The summed E-state index contributed by atoms with van der Waals surface area (Å²) in [6.07, 6.45) is 0.836. The minimum absolute atomic E-state index is 0.0673. The molecule has 6 heteroatoms. The largest absolute Gasteiger partial charge is 0.462 e. The van der Waals surface area contributed by atoms with E-state index >= 15 is 0 Å². The van der Waals surface area contributed by atoms with Crippen LogP contribution in [0.25, 0.3) is 5.57 Å². The van der Waals surface area contributed by atoms with Crippen LogP contribution in [0.5, 0.6) is 0 Å². The lowest BCUT2D eigenvalue weighted by atomic mass is 9.99. The molecular weight excluding hydrogens is 259 g/mol. The third-order valence-corrected chi connectivity index (χ3v) is 2.30. The van der Waals surface area contributed by atoms with Crippen molar-refractivity contribution in [3.63, 3.8) is 0 Å². The van der Waals surface area contributed by atoms with Crippen molar-refractivity contribution in [3.8, 4) is 0 Å². The Morgan fingerprint density at radius 3 is 2.32 bits per heavy atom. The van der Waals surface area contributed by atoms with Gasteiger partial charge in [0.1, 0.15) is 17.5 Å². The van der Waals surface area contributed by atoms with Crippen molar-refractivity contribution in [1.82, 2.24) is 0 Å². The first-order chi connectivity index (χ1) is 8.92. The fraction of sp³-hybridized carbons (Fsp3) is 0.154. The van der Waals surface area contributed by atoms with Gasteiger partial charge in [0.15, 0.2) is 0 Å². The van der Waals surface area contributed by atoms with Gasteiger partial charge in [-0.3, -0.25) is 0 Å². The Hall–Kier alpha value is -2.24. The van der Waals surface area contributed by atoms with Crippen molar-refractivity contribution in [3.05, 3.63) is 53.5 Å². The second kappa shape index (κ2) is 6.08. The average molecular weight is 271 g/mol. The summed E-state index contributed by atoms with van der Waals surface area (Å²) >= 11 is 0. The van der Waals surface area contributed by atoms with Gasteiger partial charge in [0.05, 0.1) is 17.7 Å². The Morgan fingerprint density at radius 1 is 1.37 bits per heavy atom. The van der Waals surface area contributed by atoms with Gasteiger partial charge in [-0.1, -0.05) is 6.58 Å². The molecule has 1 rings (SSSR count). The van der Waals surface area contributed by atoms with Gasteiger partial charge in [0.2, 0.25) is 0 Å². The van der Waals surface area contributed by atoms with E-state index in [-0.39, 0.29) is 17.8 Å². The number of benzene rings is 1. The zero-order chi connectivity index (χ0) is 14.6. The van der Waals surface area contributed by atoms with Gasteiger partial charge >= 0.3 is 5.97 Å². The zero-order valence-corrected chi connectivity index (χ0v) is 10.2. The molecule has 0 aliphatic carbocycles. The summed E-state index contributed by atoms with van der Waals surface area (Å²) in [5, 5.41) is 0. The number of rotatable bonds is 4. The summed E-state index contributed by atoms with van der Waals surface area (Å²) in [7, 11) is 0. The number of esters is 1. The highest BCUT2D eigenvalue weighted by Gasteiger charge is 2.21. The van der Waals surface area contributed by atoms with Crippen molar-refractivity contribution in [2.45, 2.75) is 6.92 Å². The Labute approximate surface area is 108 Å². The fourth-order valence-electron chi connectivity index (χ4n) is 1.47. The maximum Gasteiger partial charge on any atom is 0.340 e. The molecule has 0 heterocycles. The molecule has 0 unspecified atom stereocenters. The van der Waals surface area contributed by atoms with Crippen molar-refractivity contribution in [1.29, 1.82) is 0 Å². The molecule has 0 aliphatic rings. The van der Waals surface area contributed by atoms with E-state index in [0.717, 1.165) is 6.20 Å². The number of ether oxygens (including phenoxy) is 1. The molecule has 0 amide bonds. The molecule has 0 aliphatic heterocycles. The van der Waals surface area contributed by atoms with E-state index in [1.54, 1.807) is 6.92 Å². The molecule has 102 valence electrons. The Kier molecular flexibility index (Phi) is 4.74. The van der Waals surface area contributed by atoms with E-state index < -0.39 is 29.0 Å². The molecule has 0 radical (unpaired) electrons.